The van der Waals surface area contributed by atoms with Crippen molar-refractivity contribution in [1.82, 2.24) is 5.32 Å². The van der Waals surface area contributed by atoms with Crippen molar-refractivity contribution < 1.29 is 24.5 Å². The summed E-state index contributed by atoms with van der Waals surface area (Å²) in [6.07, 6.45) is 59.2. The Kier molecular flexibility index (Phi) is 50.1. The number of aliphatic hydroxyl groups excluding tert-OH is 2. The van der Waals surface area contributed by atoms with Crippen molar-refractivity contribution in [2.75, 3.05) is 13.2 Å². The van der Waals surface area contributed by atoms with Gasteiger partial charge in [0.05, 0.1) is 25.4 Å². The van der Waals surface area contributed by atoms with Crippen molar-refractivity contribution in [3.05, 3.63) is 12.2 Å². The topological polar surface area (TPSA) is 95.9 Å². The number of carbonyl (C=O) groups excluding carboxylic acids is 2. The summed E-state index contributed by atoms with van der Waals surface area (Å²) in [6.45, 7) is 4.91. The second kappa shape index (κ2) is 51.2. The van der Waals surface area contributed by atoms with Gasteiger partial charge in [0.25, 0.3) is 0 Å². The van der Waals surface area contributed by atoms with Crippen LogP contribution in [0.1, 0.15) is 303 Å². The minimum Gasteiger partial charge on any atom is -0.466 e. The largest absolute Gasteiger partial charge is 0.466 e. The van der Waals surface area contributed by atoms with E-state index in [0.29, 0.717) is 25.9 Å². The van der Waals surface area contributed by atoms with Crippen LogP contribution in [0.3, 0.4) is 0 Å². The molecule has 1 amide bonds. The molecule has 0 spiro atoms. The van der Waals surface area contributed by atoms with Gasteiger partial charge in [0.15, 0.2) is 0 Å². The van der Waals surface area contributed by atoms with Crippen LogP contribution in [-0.2, 0) is 14.3 Å². The van der Waals surface area contributed by atoms with Crippen LogP contribution in [0.25, 0.3) is 0 Å². The molecule has 0 aromatic heterocycles. The van der Waals surface area contributed by atoms with Crippen LogP contribution >= 0.6 is 0 Å². The van der Waals surface area contributed by atoms with Crippen LogP contribution in [0, 0.1) is 0 Å². The molecule has 2 unspecified atom stereocenters. The molecule has 0 rings (SSSR count). The molecule has 61 heavy (non-hydrogen) atoms. The number of hydrogen-bond donors (Lipinski definition) is 3. The molecule has 0 radical (unpaired) electrons. The van der Waals surface area contributed by atoms with Gasteiger partial charge in [-0.05, 0) is 51.4 Å². The summed E-state index contributed by atoms with van der Waals surface area (Å²) < 4.78 is 5.46. The number of allylic oxidation sites excluding steroid dienone is 2. The van der Waals surface area contributed by atoms with E-state index in [1.807, 2.05) is 0 Å². The highest BCUT2D eigenvalue weighted by Crippen LogP contribution is 2.17. The molecule has 6 nitrogen and oxygen atoms in total. The monoisotopic (exact) mass is 862 g/mol. The molecule has 0 aliphatic heterocycles. The van der Waals surface area contributed by atoms with E-state index >= 15 is 0 Å². The Bertz CT molecular complexity index is 909. The fraction of sp³-hybridized carbons (Fsp3) is 0.927. The van der Waals surface area contributed by atoms with Crippen molar-refractivity contribution in [3.8, 4) is 0 Å². The van der Waals surface area contributed by atoms with Gasteiger partial charge in [-0.1, -0.05) is 251 Å². The number of hydrogen-bond acceptors (Lipinski definition) is 5. The third kappa shape index (κ3) is 47.9. The molecule has 0 aromatic rings. The molecular formula is C55H107NO5. The molecule has 0 bridgehead atoms. The third-order valence-electron chi connectivity index (χ3n) is 12.8. The van der Waals surface area contributed by atoms with E-state index in [1.54, 1.807) is 0 Å². The van der Waals surface area contributed by atoms with Crippen LogP contribution in [0.4, 0.5) is 0 Å². The summed E-state index contributed by atoms with van der Waals surface area (Å²) in [6, 6.07) is -0.538. The van der Waals surface area contributed by atoms with Crippen molar-refractivity contribution in [1.29, 1.82) is 0 Å². The maximum absolute atomic E-state index is 12.4. The van der Waals surface area contributed by atoms with E-state index in [0.717, 1.165) is 44.9 Å². The Labute approximate surface area is 380 Å². The predicted octanol–water partition coefficient (Wildman–Crippen LogP) is 16.5. The SMILES string of the molecule is CCCCC/C=C\CCCCCCCC(=O)OCCCCCCCCCCCCCCCCCCCCCCCCCC(=O)NC(CO)C(O)CCCCCCCCCCC. The first-order valence-corrected chi connectivity index (χ1v) is 27.4. The van der Waals surface area contributed by atoms with E-state index in [-0.39, 0.29) is 18.5 Å². The average Bonchev–Trinajstić information content (AvgIpc) is 3.26. The first-order chi connectivity index (χ1) is 30.0. The van der Waals surface area contributed by atoms with Gasteiger partial charge in [0, 0.05) is 12.8 Å². The molecule has 0 saturated carbocycles. The Morgan fingerprint density at radius 3 is 1.20 bits per heavy atom. The Balaban J connectivity index is 3.34. The van der Waals surface area contributed by atoms with Gasteiger partial charge >= 0.3 is 5.97 Å². The zero-order chi connectivity index (χ0) is 44.4. The first-order valence-electron chi connectivity index (χ1n) is 27.4. The number of amides is 1. The number of nitrogens with one attached hydrogen (secondary N) is 1. The van der Waals surface area contributed by atoms with Crippen LogP contribution < -0.4 is 5.32 Å². The average molecular weight is 862 g/mol. The fourth-order valence-corrected chi connectivity index (χ4v) is 8.58. The summed E-state index contributed by atoms with van der Waals surface area (Å²) in [5, 5.41) is 23.1. The predicted molar refractivity (Wildman–Crippen MR) is 264 cm³/mol. The van der Waals surface area contributed by atoms with Crippen LogP contribution in [0.5, 0.6) is 0 Å². The quantitative estimate of drug-likeness (QED) is 0.0322. The van der Waals surface area contributed by atoms with E-state index < -0.39 is 12.1 Å². The van der Waals surface area contributed by atoms with E-state index in [4.69, 9.17) is 4.74 Å². The number of carbonyl (C=O) groups is 2. The number of unbranched alkanes of at least 4 members (excludes halogenated alkanes) is 38. The lowest BCUT2D eigenvalue weighted by Gasteiger charge is -2.22. The number of ether oxygens (including phenoxy) is 1. The molecule has 0 saturated heterocycles. The number of rotatable bonds is 51. The maximum Gasteiger partial charge on any atom is 0.305 e. The highest BCUT2D eigenvalue weighted by molar-refractivity contribution is 5.76. The molecule has 2 atom stereocenters. The minimum absolute atomic E-state index is 0.00429. The van der Waals surface area contributed by atoms with Crippen LogP contribution in [0.15, 0.2) is 12.2 Å². The third-order valence-corrected chi connectivity index (χ3v) is 12.8. The van der Waals surface area contributed by atoms with Gasteiger partial charge in [-0.15, -0.1) is 0 Å². The molecule has 0 aliphatic carbocycles. The van der Waals surface area contributed by atoms with Crippen LogP contribution in [0.2, 0.25) is 0 Å². The van der Waals surface area contributed by atoms with Gasteiger partial charge in [0.2, 0.25) is 5.91 Å². The first kappa shape index (κ1) is 59.6. The fourth-order valence-electron chi connectivity index (χ4n) is 8.58. The smallest absolute Gasteiger partial charge is 0.305 e. The molecule has 0 aromatic carbocycles. The molecular weight excluding hydrogens is 755 g/mol. The molecule has 0 aliphatic rings. The molecule has 362 valence electrons. The van der Waals surface area contributed by atoms with Crippen molar-refractivity contribution in [2.45, 2.75) is 315 Å². The van der Waals surface area contributed by atoms with Crippen molar-refractivity contribution in [2.24, 2.45) is 0 Å². The van der Waals surface area contributed by atoms with Crippen LogP contribution in [-0.4, -0.2) is 47.4 Å². The van der Waals surface area contributed by atoms with Gasteiger partial charge in [-0.3, -0.25) is 9.59 Å². The van der Waals surface area contributed by atoms with E-state index in [2.05, 4.69) is 31.3 Å². The lowest BCUT2D eigenvalue weighted by molar-refractivity contribution is -0.143. The Morgan fingerprint density at radius 1 is 0.443 bits per heavy atom. The standard InChI is InChI=1S/C55H107NO5/c1-3-5-7-9-11-13-14-29-33-37-41-45-49-55(60)61-50-46-42-38-34-30-27-25-23-21-19-17-15-16-18-20-22-24-26-28-32-36-40-44-48-54(59)56-52(51-57)53(58)47-43-39-35-31-12-10-8-6-4-2/h11,13,52-53,57-58H,3-10,12,14-51H2,1-2H3,(H,56,59)/b13-11-. The minimum atomic E-state index is -0.660. The lowest BCUT2D eigenvalue weighted by Crippen LogP contribution is -2.45. The zero-order valence-corrected chi connectivity index (χ0v) is 41.2. The van der Waals surface area contributed by atoms with Gasteiger partial charge < -0.3 is 20.3 Å². The van der Waals surface area contributed by atoms with E-state index in [9.17, 15) is 19.8 Å². The number of aliphatic hydroxyl groups is 2. The highest BCUT2D eigenvalue weighted by atomic mass is 16.5. The van der Waals surface area contributed by atoms with Crippen molar-refractivity contribution in [3.63, 3.8) is 0 Å². The van der Waals surface area contributed by atoms with Crippen molar-refractivity contribution >= 4 is 11.9 Å². The second-order valence-electron chi connectivity index (χ2n) is 18.9. The molecule has 3 N–H and O–H groups in total. The Hall–Kier alpha value is -1.40. The number of esters is 1. The summed E-state index contributed by atoms with van der Waals surface area (Å²) in [7, 11) is 0. The molecule has 0 heterocycles. The summed E-state index contributed by atoms with van der Waals surface area (Å²) in [5.74, 6) is -0.0319. The molecule has 0 fully saturated rings. The van der Waals surface area contributed by atoms with E-state index in [1.165, 1.54) is 225 Å². The molecule has 6 heteroatoms. The highest BCUT2D eigenvalue weighted by Gasteiger charge is 2.20. The summed E-state index contributed by atoms with van der Waals surface area (Å²) in [4.78, 5) is 24.4. The van der Waals surface area contributed by atoms with Gasteiger partial charge in [0.1, 0.15) is 0 Å². The second-order valence-corrected chi connectivity index (χ2v) is 18.9. The maximum atomic E-state index is 12.4. The van der Waals surface area contributed by atoms with Gasteiger partial charge in [-0.2, -0.15) is 0 Å². The summed E-state index contributed by atoms with van der Waals surface area (Å²) in [5.41, 5.74) is 0. The zero-order valence-electron chi connectivity index (χ0n) is 41.2. The Morgan fingerprint density at radius 2 is 0.770 bits per heavy atom. The normalized spacial score (nSPS) is 12.7. The summed E-state index contributed by atoms with van der Waals surface area (Å²) >= 11 is 0. The van der Waals surface area contributed by atoms with Gasteiger partial charge in [-0.25, -0.2) is 0 Å². The lowest BCUT2D eigenvalue weighted by atomic mass is 10.0.